The zero-order valence-electron chi connectivity index (χ0n) is 7.04. The molecule has 7 heteroatoms. The molecule has 82 valence electrons. The van der Waals surface area contributed by atoms with E-state index in [1.165, 1.54) is 0 Å². The molecule has 1 fully saturated rings. The molecule has 0 saturated carbocycles. The van der Waals surface area contributed by atoms with E-state index >= 15 is 0 Å². The summed E-state index contributed by atoms with van der Waals surface area (Å²) in [6, 6.07) is 0. The van der Waals surface area contributed by atoms with E-state index in [4.69, 9.17) is 5.11 Å². The highest BCUT2D eigenvalue weighted by atomic mass is 19.4. The summed E-state index contributed by atoms with van der Waals surface area (Å²) in [5, 5.41) is 17.8. The van der Waals surface area contributed by atoms with Crippen LogP contribution in [-0.2, 0) is 9.53 Å². The second-order valence-corrected chi connectivity index (χ2v) is 3.19. The van der Waals surface area contributed by atoms with Crippen molar-refractivity contribution in [1.29, 1.82) is 0 Å². The van der Waals surface area contributed by atoms with Gasteiger partial charge in [-0.3, -0.25) is 0 Å². The van der Waals surface area contributed by atoms with Gasteiger partial charge in [0.1, 0.15) is 0 Å². The van der Waals surface area contributed by atoms with Crippen molar-refractivity contribution in [3.63, 3.8) is 0 Å². The lowest BCUT2D eigenvalue weighted by molar-refractivity contribution is -0.253. The molecule has 2 N–H and O–H groups in total. The van der Waals surface area contributed by atoms with Crippen molar-refractivity contribution < 1.29 is 32.9 Å². The van der Waals surface area contributed by atoms with E-state index in [2.05, 4.69) is 4.74 Å². The van der Waals surface area contributed by atoms with Crippen molar-refractivity contribution in [1.82, 2.24) is 0 Å². The number of aliphatic hydroxyl groups is 1. The van der Waals surface area contributed by atoms with Gasteiger partial charge in [-0.25, -0.2) is 4.79 Å². The number of halogens is 3. The third-order valence-electron chi connectivity index (χ3n) is 2.12. The maximum absolute atomic E-state index is 12.1. The number of carboxylic acid groups (broad SMARTS) is 1. The van der Waals surface area contributed by atoms with Gasteiger partial charge in [-0.1, -0.05) is 0 Å². The van der Waals surface area contributed by atoms with Crippen molar-refractivity contribution in [2.24, 2.45) is 0 Å². The molecule has 1 rings (SSSR count). The molecule has 0 radical (unpaired) electrons. The molecule has 0 aromatic heterocycles. The first-order chi connectivity index (χ1) is 6.26. The van der Waals surface area contributed by atoms with Crippen LogP contribution in [0.2, 0.25) is 0 Å². The highest BCUT2D eigenvalue weighted by Crippen LogP contribution is 2.34. The number of hydrogen-bond acceptors (Lipinski definition) is 3. The number of alkyl halides is 3. The number of aliphatic carboxylic acids is 1. The zero-order chi connectivity index (χ0) is 11.0. The predicted octanol–water partition coefficient (Wildman–Crippen LogP) is 0.543. The molecule has 1 saturated heterocycles. The van der Waals surface area contributed by atoms with Crippen LogP contribution in [0.25, 0.3) is 0 Å². The Morgan fingerprint density at radius 3 is 2.50 bits per heavy atom. The number of carbonyl (C=O) groups is 1. The van der Waals surface area contributed by atoms with E-state index in [-0.39, 0.29) is 6.42 Å². The molecule has 0 spiro atoms. The van der Waals surface area contributed by atoms with E-state index in [1.54, 1.807) is 0 Å². The van der Waals surface area contributed by atoms with E-state index < -0.39 is 36.9 Å². The standard InChI is InChI=1S/C7H9F3O4/c8-7(9,10)4-3-6(13,5(11)12)1-2-14-4/h4,13H,1-3H2,(H,11,12). The summed E-state index contributed by atoms with van der Waals surface area (Å²) in [6.07, 6.45) is -8.11. The summed E-state index contributed by atoms with van der Waals surface area (Å²) in [5.74, 6) is -1.64. The average Bonchev–Trinajstić information content (AvgIpc) is 2.02. The molecule has 1 aliphatic rings. The van der Waals surface area contributed by atoms with Crippen LogP contribution in [0, 0.1) is 0 Å². The zero-order valence-corrected chi connectivity index (χ0v) is 7.04. The Morgan fingerprint density at radius 2 is 2.07 bits per heavy atom. The van der Waals surface area contributed by atoms with Gasteiger partial charge in [0.2, 0.25) is 0 Å². The molecule has 0 amide bonds. The number of rotatable bonds is 1. The van der Waals surface area contributed by atoms with Gasteiger partial charge < -0.3 is 14.9 Å². The Bertz CT molecular complexity index is 240. The van der Waals surface area contributed by atoms with Crippen LogP contribution in [0.15, 0.2) is 0 Å². The van der Waals surface area contributed by atoms with Crippen LogP contribution in [0.4, 0.5) is 13.2 Å². The van der Waals surface area contributed by atoms with Crippen molar-refractivity contribution >= 4 is 5.97 Å². The normalized spacial score (nSPS) is 34.1. The fraction of sp³-hybridized carbons (Fsp3) is 0.857. The topological polar surface area (TPSA) is 66.8 Å². The van der Waals surface area contributed by atoms with Crippen LogP contribution in [0.1, 0.15) is 12.8 Å². The molecule has 0 aromatic rings. The predicted molar refractivity (Wildman–Crippen MR) is 37.6 cm³/mol. The largest absolute Gasteiger partial charge is 0.479 e. The van der Waals surface area contributed by atoms with Crippen molar-refractivity contribution in [3.8, 4) is 0 Å². The molecule has 0 aliphatic carbocycles. The van der Waals surface area contributed by atoms with Crippen molar-refractivity contribution in [2.75, 3.05) is 6.61 Å². The Labute approximate surface area is 77.3 Å². The lowest BCUT2D eigenvalue weighted by Crippen LogP contribution is -2.51. The first kappa shape index (κ1) is 11.3. The lowest BCUT2D eigenvalue weighted by atomic mass is 9.90. The summed E-state index contributed by atoms with van der Waals surface area (Å²) in [6.45, 7) is -0.410. The van der Waals surface area contributed by atoms with Gasteiger partial charge in [-0.05, 0) is 0 Å². The monoisotopic (exact) mass is 214 g/mol. The molecule has 2 atom stereocenters. The summed E-state index contributed by atoms with van der Waals surface area (Å²) in [4.78, 5) is 10.5. The third-order valence-corrected chi connectivity index (χ3v) is 2.12. The average molecular weight is 214 g/mol. The molecule has 1 aliphatic heterocycles. The Kier molecular flexibility index (Phi) is 2.73. The number of ether oxygens (including phenoxy) is 1. The molecular weight excluding hydrogens is 205 g/mol. The Morgan fingerprint density at radius 1 is 1.50 bits per heavy atom. The van der Waals surface area contributed by atoms with Gasteiger partial charge in [0, 0.05) is 12.8 Å². The highest BCUT2D eigenvalue weighted by Gasteiger charge is 2.51. The molecule has 2 unspecified atom stereocenters. The molecule has 1 heterocycles. The SMILES string of the molecule is O=C(O)C1(O)CCOC(C(F)(F)F)C1. The molecule has 0 aromatic carbocycles. The molecule has 4 nitrogen and oxygen atoms in total. The first-order valence-electron chi connectivity index (χ1n) is 3.90. The van der Waals surface area contributed by atoms with Crippen molar-refractivity contribution in [3.05, 3.63) is 0 Å². The van der Waals surface area contributed by atoms with Crippen molar-refractivity contribution in [2.45, 2.75) is 30.7 Å². The molecule has 14 heavy (non-hydrogen) atoms. The van der Waals surface area contributed by atoms with Crippen LogP contribution >= 0.6 is 0 Å². The van der Waals surface area contributed by atoms with Gasteiger partial charge in [0.05, 0.1) is 6.61 Å². The molecule has 0 bridgehead atoms. The van der Waals surface area contributed by atoms with Crippen LogP contribution < -0.4 is 0 Å². The third kappa shape index (κ3) is 2.16. The maximum Gasteiger partial charge on any atom is 0.414 e. The maximum atomic E-state index is 12.1. The second kappa shape index (κ2) is 3.39. The van der Waals surface area contributed by atoms with E-state index in [0.717, 1.165) is 0 Å². The number of hydrogen-bond donors (Lipinski definition) is 2. The quantitative estimate of drug-likeness (QED) is 0.668. The van der Waals surface area contributed by atoms with Crippen LogP contribution in [0.5, 0.6) is 0 Å². The van der Waals surface area contributed by atoms with Crippen LogP contribution in [-0.4, -0.2) is 40.7 Å². The van der Waals surface area contributed by atoms with Crippen LogP contribution in [0.3, 0.4) is 0 Å². The minimum atomic E-state index is -4.64. The van der Waals surface area contributed by atoms with E-state index in [1.807, 2.05) is 0 Å². The van der Waals surface area contributed by atoms with Gasteiger partial charge >= 0.3 is 12.1 Å². The van der Waals surface area contributed by atoms with E-state index in [0.29, 0.717) is 0 Å². The van der Waals surface area contributed by atoms with Gasteiger partial charge in [0.25, 0.3) is 0 Å². The highest BCUT2D eigenvalue weighted by molar-refractivity contribution is 5.77. The Hall–Kier alpha value is -0.820. The summed E-state index contributed by atoms with van der Waals surface area (Å²) >= 11 is 0. The minimum absolute atomic E-state index is 0.324. The van der Waals surface area contributed by atoms with Gasteiger partial charge in [-0.15, -0.1) is 0 Å². The minimum Gasteiger partial charge on any atom is -0.479 e. The lowest BCUT2D eigenvalue weighted by Gasteiger charge is -2.34. The Balaban J connectivity index is 2.74. The fourth-order valence-corrected chi connectivity index (χ4v) is 1.24. The summed E-state index contributed by atoms with van der Waals surface area (Å²) in [7, 11) is 0. The number of carboxylic acids is 1. The summed E-state index contributed by atoms with van der Waals surface area (Å²) in [5.41, 5.74) is -2.32. The first-order valence-corrected chi connectivity index (χ1v) is 3.90. The fourth-order valence-electron chi connectivity index (χ4n) is 1.24. The van der Waals surface area contributed by atoms with E-state index in [9.17, 15) is 23.1 Å². The van der Waals surface area contributed by atoms with Gasteiger partial charge in [-0.2, -0.15) is 13.2 Å². The molecular formula is C7H9F3O4. The van der Waals surface area contributed by atoms with Gasteiger partial charge in [0.15, 0.2) is 11.7 Å². The summed E-state index contributed by atoms with van der Waals surface area (Å²) < 4.78 is 40.7. The second-order valence-electron chi connectivity index (χ2n) is 3.19. The smallest absolute Gasteiger partial charge is 0.414 e.